The largest absolute Gasteiger partial charge is 0.310 e. The van der Waals surface area contributed by atoms with E-state index in [-0.39, 0.29) is 0 Å². The van der Waals surface area contributed by atoms with Gasteiger partial charge >= 0.3 is 0 Å². The van der Waals surface area contributed by atoms with E-state index in [0.29, 0.717) is 5.69 Å². The third kappa shape index (κ3) is 3.83. The summed E-state index contributed by atoms with van der Waals surface area (Å²) in [5.74, 6) is 0. The summed E-state index contributed by atoms with van der Waals surface area (Å²) in [6.45, 7) is 8.18. The van der Waals surface area contributed by atoms with Crippen LogP contribution in [0.2, 0.25) is 0 Å². The predicted molar refractivity (Wildman–Crippen MR) is 190 cm³/mol. The lowest BCUT2D eigenvalue weighted by molar-refractivity contribution is 1.16. The molecule has 0 N–H and O–H groups in total. The molecule has 0 saturated heterocycles. The molecule has 4 heteroatoms. The molecule has 3 aromatic heterocycles. The van der Waals surface area contributed by atoms with Crippen molar-refractivity contribution in [3.63, 3.8) is 0 Å². The van der Waals surface area contributed by atoms with Gasteiger partial charge in [-0.3, -0.25) is 4.98 Å². The molecule has 3 heterocycles. The minimum atomic E-state index is 0.616. The van der Waals surface area contributed by atoms with E-state index in [1.807, 2.05) is 24.5 Å². The molecule has 0 aliphatic heterocycles. The Morgan fingerprint density at radius 3 is 1.54 bits per heavy atom. The fourth-order valence-corrected chi connectivity index (χ4v) is 7.11. The summed E-state index contributed by atoms with van der Waals surface area (Å²) < 4.78 is 4.64. The summed E-state index contributed by atoms with van der Waals surface area (Å²) >= 11 is 0. The number of rotatable bonds is 4. The molecule has 4 nitrogen and oxygen atoms in total. The average molecular weight is 587 g/mol. The first-order valence-corrected chi connectivity index (χ1v) is 15.3. The Hall–Kier alpha value is -6.44. The third-order valence-electron chi connectivity index (χ3n) is 9.04. The van der Waals surface area contributed by atoms with E-state index in [1.165, 1.54) is 21.5 Å². The molecule has 9 aromatic rings. The van der Waals surface area contributed by atoms with E-state index in [4.69, 9.17) is 6.57 Å². The summed E-state index contributed by atoms with van der Waals surface area (Å²) in [6.07, 6.45) is 3.81. The molecule has 0 unspecified atom stereocenters. The lowest BCUT2D eigenvalue weighted by Crippen LogP contribution is -1.99. The predicted octanol–water partition coefficient (Wildman–Crippen LogP) is 11.2. The van der Waals surface area contributed by atoms with Crippen LogP contribution in [0.4, 0.5) is 5.69 Å². The Labute approximate surface area is 265 Å². The van der Waals surface area contributed by atoms with E-state index in [1.54, 1.807) is 0 Å². The molecule has 0 aliphatic rings. The maximum absolute atomic E-state index is 8.18. The maximum Gasteiger partial charge on any atom is 0.196 e. The number of aromatic nitrogens is 3. The van der Waals surface area contributed by atoms with Crippen molar-refractivity contribution >= 4 is 49.3 Å². The highest BCUT2D eigenvalue weighted by molar-refractivity contribution is 6.11. The van der Waals surface area contributed by atoms with Gasteiger partial charge in [-0.2, -0.15) is 0 Å². The monoisotopic (exact) mass is 586 g/mol. The smallest absolute Gasteiger partial charge is 0.196 e. The van der Waals surface area contributed by atoms with Crippen LogP contribution in [0.25, 0.3) is 82.1 Å². The van der Waals surface area contributed by atoms with Gasteiger partial charge in [-0.05, 0) is 53.6 Å². The van der Waals surface area contributed by atoms with Gasteiger partial charge in [-0.25, -0.2) is 4.85 Å². The van der Waals surface area contributed by atoms with Crippen molar-refractivity contribution in [3.8, 4) is 33.6 Å². The van der Waals surface area contributed by atoms with Crippen LogP contribution in [-0.2, 0) is 0 Å². The average Bonchev–Trinajstić information content (AvgIpc) is 3.64. The summed E-state index contributed by atoms with van der Waals surface area (Å²) in [5.41, 5.74) is 11.1. The number of benzene rings is 6. The first-order chi connectivity index (χ1) is 22.8. The zero-order valence-electron chi connectivity index (χ0n) is 24.8. The van der Waals surface area contributed by atoms with Gasteiger partial charge in [-0.1, -0.05) is 103 Å². The van der Waals surface area contributed by atoms with Crippen molar-refractivity contribution < 1.29 is 0 Å². The summed E-state index contributed by atoms with van der Waals surface area (Å²) in [7, 11) is 0. The Morgan fingerprint density at radius 2 is 0.978 bits per heavy atom. The van der Waals surface area contributed by atoms with Gasteiger partial charge in [0, 0.05) is 50.8 Å². The number of hydrogen-bond acceptors (Lipinski definition) is 1. The fraction of sp³-hybridized carbons (Fsp3) is 0. The Kier molecular flexibility index (Phi) is 5.84. The Morgan fingerprint density at radius 1 is 0.478 bits per heavy atom. The molecule has 0 radical (unpaired) electrons. The molecule has 0 spiro atoms. The van der Waals surface area contributed by atoms with Crippen LogP contribution in [0.15, 0.2) is 158 Å². The maximum atomic E-state index is 8.18. The minimum Gasteiger partial charge on any atom is -0.310 e. The Balaban J connectivity index is 1.29. The molecule has 0 fully saturated rings. The van der Waals surface area contributed by atoms with Crippen LogP contribution >= 0.6 is 0 Å². The molecule has 214 valence electrons. The number of para-hydroxylation sites is 4. The van der Waals surface area contributed by atoms with Gasteiger partial charge in [0.2, 0.25) is 0 Å². The highest BCUT2D eigenvalue weighted by Crippen LogP contribution is 2.42. The number of hydrogen-bond donors (Lipinski definition) is 0. The number of nitrogens with zero attached hydrogens (tertiary/aromatic N) is 4. The second kappa shape index (κ2) is 10.3. The molecule has 0 saturated carbocycles. The van der Waals surface area contributed by atoms with Gasteiger partial charge < -0.3 is 9.13 Å². The van der Waals surface area contributed by atoms with Crippen molar-refractivity contribution in [1.82, 2.24) is 14.1 Å². The standard InChI is InChI=1S/C42H26N4/c1-43-35-18-11-23-41(46-38-21-8-4-16-32(38)33-17-5-9-22-39(33)46)42(35)29-13-10-12-28(26-29)34-27-44-25-24-40(34)45-36-19-6-2-14-30(36)31-15-3-7-20-37(31)45/h2-27H. The highest BCUT2D eigenvalue weighted by Gasteiger charge is 2.20. The van der Waals surface area contributed by atoms with Gasteiger partial charge in [-0.15, -0.1) is 0 Å². The zero-order valence-corrected chi connectivity index (χ0v) is 24.8. The normalized spacial score (nSPS) is 11.5. The second-order valence-corrected chi connectivity index (χ2v) is 11.5. The van der Waals surface area contributed by atoms with Crippen LogP contribution < -0.4 is 0 Å². The molecule has 0 amide bonds. The van der Waals surface area contributed by atoms with Gasteiger partial charge in [0.1, 0.15) is 0 Å². The molecule has 6 aromatic carbocycles. The SMILES string of the molecule is [C-]#[N+]c1cccc(-n2c3ccccc3c3ccccc32)c1-c1cccc(-c2cnccc2-n2c3ccccc3c3ccccc32)c1. The van der Waals surface area contributed by atoms with Crippen LogP contribution in [-0.4, -0.2) is 14.1 Å². The van der Waals surface area contributed by atoms with Crippen LogP contribution in [0.5, 0.6) is 0 Å². The third-order valence-corrected chi connectivity index (χ3v) is 9.04. The number of fused-ring (bicyclic) bond motifs is 6. The lowest BCUT2D eigenvalue weighted by Gasteiger charge is -2.17. The minimum absolute atomic E-state index is 0.616. The van der Waals surface area contributed by atoms with E-state index < -0.39 is 0 Å². The summed E-state index contributed by atoms with van der Waals surface area (Å²) in [5, 5.41) is 4.82. The van der Waals surface area contributed by atoms with Crippen molar-refractivity contribution in [3.05, 3.63) is 169 Å². The molecule has 0 aliphatic carbocycles. The van der Waals surface area contributed by atoms with Gasteiger partial charge in [0.15, 0.2) is 5.69 Å². The first-order valence-electron chi connectivity index (χ1n) is 15.3. The lowest BCUT2D eigenvalue weighted by atomic mass is 9.96. The van der Waals surface area contributed by atoms with E-state index in [9.17, 15) is 0 Å². The van der Waals surface area contributed by atoms with Crippen molar-refractivity contribution in [2.45, 2.75) is 0 Å². The molecule has 0 bridgehead atoms. The molecule has 46 heavy (non-hydrogen) atoms. The quantitative estimate of drug-likeness (QED) is 0.189. The number of pyridine rings is 1. The molecule has 9 rings (SSSR count). The molecular weight excluding hydrogens is 560 g/mol. The Bertz CT molecular complexity index is 2560. The fourth-order valence-electron chi connectivity index (χ4n) is 7.11. The zero-order chi connectivity index (χ0) is 30.6. The van der Waals surface area contributed by atoms with Gasteiger partial charge in [0.05, 0.1) is 34.3 Å². The second-order valence-electron chi connectivity index (χ2n) is 11.5. The van der Waals surface area contributed by atoms with Crippen LogP contribution in [0, 0.1) is 6.57 Å². The van der Waals surface area contributed by atoms with E-state index in [2.05, 4.69) is 152 Å². The van der Waals surface area contributed by atoms with Crippen LogP contribution in [0.3, 0.4) is 0 Å². The van der Waals surface area contributed by atoms with Crippen molar-refractivity contribution in [2.75, 3.05) is 0 Å². The highest BCUT2D eigenvalue weighted by atomic mass is 15.0. The van der Waals surface area contributed by atoms with Gasteiger partial charge in [0.25, 0.3) is 0 Å². The van der Waals surface area contributed by atoms with Crippen molar-refractivity contribution in [1.29, 1.82) is 0 Å². The van der Waals surface area contributed by atoms with E-state index in [0.717, 1.165) is 55.7 Å². The van der Waals surface area contributed by atoms with Crippen molar-refractivity contribution in [2.24, 2.45) is 0 Å². The molecular formula is C42H26N4. The summed E-state index contributed by atoms with van der Waals surface area (Å²) in [4.78, 5) is 8.62. The topological polar surface area (TPSA) is 27.1 Å². The van der Waals surface area contributed by atoms with E-state index >= 15 is 0 Å². The first kappa shape index (κ1) is 26.0. The van der Waals surface area contributed by atoms with Crippen LogP contribution in [0.1, 0.15) is 0 Å². The summed E-state index contributed by atoms with van der Waals surface area (Å²) in [6, 6.07) is 50.8. The molecule has 0 atom stereocenters.